The summed E-state index contributed by atoms with van der Waals surface area (Å²) in [6.45, 7) is 12.7. The molecule has 0 atom stereocenters. The van der Waals surface area contributed by atoms with Crippen molar-refractivity contribution in [3.63, 3.8) is 0 Å². The summed E-state index contributed by atoms with van der Waals surface area (Å²) in [5.74, 6) is -0.799. The topological polar surface area (TPSA) is 116 Å². The van der Waals surface area contributed by atoms with E-state index in [0.29, 0.717) is 46.7 Å². The Morgan fingerprint density at radius 3 is 1.08 bits per heavy atom. The average molecular weight is 647 g/mol. The molecule has 4 amide bonds. The van der Waals surface area contributed by atoms with E-state index >= 15 is 0 Å². The lowest BCUT2D eigenvalue weighted by atomic mass is 9.86. The van der Waals surface area contributed by atoms with E-state index in [2.05, 4.69) is 62.8 Å². The Bertz CT molecular complexity index is 1620. The zero-order chi connectivity index (χ0) is 34.9. The molecule has 0 saturated carbocycles. The zero-order valence-electron chi connectivity index (χ0n) is 28.7. The van der Waals surface area contributed by atoms with Gasteiger partial charge in [-0.25, -0.2) is 0 Å². The first-order valence-corrected chi connectivity index (χ1v) is 16.3. The lowest BCUT2D eigenvalue weighted by Crippen LogP contribution is -2.15. The van der Waals surface area contributed by atoms with Gasteiger partial charge in [-0.1, -0.05) is 77.9 Å². The van der Waals surface area contributed by atoms with Crippen molar-refractivity contribution in [2.24, 2.45) is 0 Å². The molecule has 0 fully saturated rings. The van der Waals surface area contributed by atoms with E-state index in [-0.39, 0.29) is 47.3 Å². The Morgan fingerprint density at radius 1 is 0.458 bits per heavy atom. The van der Waals surface area contributed by atoms with Crippen LogP contribution in [0.25, 0.3) is 0 Å². The fraction of sp³-hybridized carbons (Fsp3) is 0.300. The molecule has 4 aromatic carbocycles. The number of unbranched alkanes of at least 4 members (excludes halogenated alkanes) is 1. The van der Waals surface area contributed by atoms with Crippen LogP contribution in [0.15, 0.2) is 97.1 Å². The van der Waals surface area contributed by atoms with Crippen LogP contribution in [0, 0.1) is 0 Å². The molecule has 4 N–H and O–H groups in total. The maximum Gasteiger partial charge on any atom is 0.255 e. The highest BCUT2D eigenvalue weighted by molar-refractivity contribution is 6.05. The van der Waals surface area contributed by atoms with E-state index < -0.39 is 0 Å². The first-order valence-electron chi connectivity index (χ1n) is 16.3. The third-order valence-corrected chi connectivity index (χ3v) is 7.89. The summed E-state index contributed by atoms with van der Waals surface area (Å²) >= 11 is 0. The second-order valence-corrected chi connectivity index (χ2v) is 14.0. The number of benzene rings is 4. The Morgan fingerprint density at radius 2 is 0.771 bits per heavy atom. The van der Waals surface area contributed by atoms with Gasteiger partial charge in [0.25, 0.3) is 11.8 Å². The molecular formula is C40H46N4O4. The fourth-order valence-electron chi connectivity index (χ4n) is 5.02. The van der Waals surface area contributed by atoms with Crippen LogP contribution >= 0.6 is 0 Å². The van der Waals surface area contributed by atoms with Crippen LogP contribution in [0.1, 0.15) is 99.1 Å². The predicted octanol–water partition coefficient (Wildman–Crippen LogP) is 8.92. The van der Waals surface area contributed by atoms with Gasteiger partial charge in [0, 0.05) is 46.7 Å². The summed E-state index contributed by atoms with van der Waals surface area (Å²) in [7, 11) is 0. The van der Waals surface area contributed by atoms with Crippen LogP contribution in [0.5, 0.6) is 0 Å². The van der Waals surface area contributed by atoms with Crippen molar-refractivity contribution < 1.29 is 19.2 Å². The molecule has 0 radical (unpaired) electrons. The van der Waals surface area contributed by atoms with E-state index in [4.69, 9.17) is 0 Å². The highest BCUT2D eigenvalue weighted by Gasteiger charge is 2.16. The number of carbonyl (C=O) groups is 4. The molecule has 48 heavy (non-hydrogen) atoms. The first-order chi connectivity index (χ1) is 22.7. The minimum atomic E-state index is -0.226. The number of rotatable bonds is 11. The molecule has 0 aliphatic heterocycles. The maximum atomic E-state index is 12.8. The number of nitrogens with one attached hydrogen (secondary N) is 4. The van der Waals surface area contributed by atoms with E-state index in [9.17, 15) is 19.2 Å². The lowest BCUT2D eigenvalue weighted by Gasteiger charge is -2.19. The monoisotopic (exact) mass is 646 g/mol. The lowest BCUT2D eigenvalue weighted by molar-refractivity contribution is -0.118. The van der Waals surface area contributed by atoms with Crippen molar-refractivity contribution in [2.75, 3.05) is 21.3 Å². The van der Waals surface area contributed by atoms with E-state index in [1.54, 1.807) is 48.5 Å². The third-order valence-electron chi connectivity index (χ3n) is 7.89. The second-order valence-electron chi connectivity index (χ2n) is 14.0. The maximum absolute atomic E-state index is 12.8. The van der Waals surface area contributed by atoms with Gasteiger partial charge in [0.15, 0.2) is 0 Å². The van der Waals surface area contributed by atoms with Gasteiger partial charge in [0.05, 0.1) is 0 Å². The Kier molecular flexibility index (Phi) is 11.5. The summed E-state index contributed by atoms with van der Waals surface area (Å²) in [5.41, 5.74) is 5.72. The van der Waals surface area contributed by atoms with Gasteiger partial charge in [0.1, 0.15) is 0 Å². The Hall–Kier alpha value is -5.24. The smallest absolute Gasteiger partial charge is 0.255 e. The van der Waals surface area contributed by atoms with Crippen molar-refractivity contribution in [3.8, 4) is 0 Å². The van der Waals surface area contributed by atoms with Crippen LogP contribution in [-0.4, -0.2) is 23.6 Å². The van der Waals surface area contributed by atoms with Crippen LogP contribution in [0.2, 0.25) is 0 Å². The molecule has 0 heterocycles. The molecule has 4 aromatic rings. The number of hydrogen-bond donors (Lipinski definition) is 4. The highest BCUT2D eigenvalue weighted by Crippen LogP contribution is 2.24. The molecule has 0 unspecified atom stereocenters. The van der Waals surface area contributed by atoms with E-state index in [0.717, 1.165) is 11.1 Å². The van der Waals surface area contributed by atoms with Gasteiger partial charge in [-0.3, -0.25) is 19.2 Å². The van der Waals surface area contributed by atoms with Gasteiger partial charge in [-0.2, -0.15) is 0 Å². The quantitative estimate of drug-likeness (QED) is 0.122. The number of hydrogen-bond acceptors (Lipinski definition) is 4. The molecule has 0 aliphatic rings. The van der Waals surface area contributed by atoms with Crippen LogP contribution < -0.4 is 21.3 Å². The van der Waals surface area contributed by atoms with E-state index in [1.807, 2.05) is 48.5 Å². The normalized spacial score (nSPS) is 11.4. The van der Waals surface area contributed by atoms with E-state index in [1.165, 1.54) is 0 Å². The van der Waals surface area contributed by atoms with Gasteiger partial charge >= 0.3 is 0 Å². The summed E-state index contributed by atoms with van der Waals surface area (Å²) in [6.07, 6.45) is 1.57. The molecule has 4 rings (SSSR count). The zero-order valence-corrected chi connectivity index (χ0v) is 28.7. The molecule has 0 aliphatic carbocycles. The van der Waals surface area contributed by atoms with Gasteiger partial charge < -0.3 is 21.3 Å². The van der Waals surface area contributed by atoms with Crippen molar-refractivity contribution >= 4 is 46.4 Å². The molecule has 0 bridgehead atoms. The number of amides is 4. The summed E-state index contributed by atoms with van der Waals surface area (Å²) < 4.78 is 0. The van der Waals surface area contributed by atoms with Crippen LogP contribution in [0.3, 0.4) is 0 Å². The minimum Gasteiger partial charge on any atom is -0.326 e. The predicted molar refractivity (Wildman–Crippen MR) is 195 cm³/mol. The summed E-state index contributed by atoms with van der Waals surface area (Å²) in [6, 6.07) is 29.1. The van der Waals surface area contributed by atoms with Crippen molar-refractivity contribution in [1.29, 1.82) is 0 Å². The van der Waals surface area contributed by atoms with Crippen LogP contribution in [0.4, 0.5) is 22.7 Å². The Balaban J connectivity index is 1.18. The summed E-state index contributed by atoms with van der Waals surface area (Å²) in [4.78, 5) is 50.6. The largest absolute Gasteiger partial charge is 0.326 e. The SMILES string of the molecule is CC(C)(C)c1ccc(C(=O)Nc2cccc(NC(=O)CCCCC(=O)Nc3cccc(NC(=O)c4ccc(C(C)(C)C)cc4)c3)c2)cc1. The molecule has 8 nitrogen and oxygen atoms in total. The van der Waals surface area contributed by atoms with Gasteiger partial charge in [-0.05, 0) is 95.5 Å². The van der Waals surface area contributed by atoms with Crippen molar-refractivity contribution in [1.82, 2.24) is 0 Å². The minimum absolute atomic E-state index is 0.00275. The standard InChI is InChI=1S/C40H46N4O4/c1-39(2,3)29-21-17-27(18-22-29)37(47)43-33-13-9-11-31(25-33)41-35(45)15-7-8-16-36(46)42-32-12-10-14-34(26-32)44-38(48)28-19-23-30(24-20-28)40(4,5)6/h9-14,17-26H,7-8,15-16H2,1-6H3,(H,41,45)(H,42,46)(H,43,47)(H,44,48). The molecule has 0 saturated heterocycles. The molecule has 8 heteroatoms. The number of carbonyl (C=O) groups excluding carboxylic acids is 4. The Labute approximate surface area is 283 Å². The summed E-state index contributed by atoms with van der Waals surface area (Å²) in [5, 5.41) is 11.5. The second kappa shape index (κ2) is 15.6. The molecule has 0 aromatic heterocycles. The first kappa shape index (κ1) is 35.6. The van der Waals surface area contributed by atoms with Gasteiger partial charge in [-0.15, -0.1) is 0 Å². The van der Waals surface area contributed by atoms with Crippen molar-refractivity contribution in [2.45, 2.75) is 78.1 Å². The molecular weight excluding hydrogens is 600 g/mol. The molecule has 250 valence electrons. The molecule has 0 spiro atoms. The highest BCUT2D eigenvalue weighted by atomic mass is 16.2. The fourth-order valence-corrected chi connectivity index (χ4v) is 5.02. The number of anilines is 4. The van der Waals surface area contributed by atoms with Crippen LogP contribution in [-0.2, 0) is 20.4 Å². The van der Waals surface area contributed by atoms with Gasteiger partial charge in [0.2, 0.25) is 11.8 Å². The third kappa shape index (κ3) is 10.7. The van der Waals surface area contributed by atoms with Crippen molar-refractivity contribution in [3.05, 3.63) is 119 Å². The average Bonchev–Trinajstić information content (AvgIpc) is 3.03.